The molecule has 0 amide bonds. The maximum Gasteiger partial charge on any atom is 0.186 e. The number of para-hydroxylation sites is 1. The summed E-state index contributed by atoms with van der Waals surface area (Å²) in [4.78, 5) is 9.35. The van der Waals surface area contributed by atoms with Gasteiger partial charge in [0.05, 0.1) is 37.1 Å². The van der Waals surface area contributed by atoms with Crippen molar-refractivity contribution in [2.45, 2.75) is 13.8 Å². The first-order valence-corrected chi connectivity index (χ1v) is 9.48. The van der Waals surface area contributed by atoms with Gasteiger partial charge in [-0.3, -0.25) is 0 Å². The Bertz CT molecular complexity index is 1380. The van der Waals surface area contributed by atoms with E-state index >= 15 is 0 Å². The first-order chi connectivity index (χ1) is 14.6. The van der Waals surface area contributed by atoms with Crippen molar-refractivity contribution in [3.63, 3.8) is 0 Å². The minimum absolute atomic E-state index is 0.527. The normalized spacial score (nSPS) is 11.3. The summed E-state index contributed by atoms with van der Waals surface area (Å²) in [5, 5.41) is 9.98. The van der Waals surface area contributed by atoms with Gasteiger partial charge in [0, 0.05) is 0 Å². The molecule has 0 saturated carbocycles. The van der Waals surface area contributed by atoms with Crippen molar-refractivity contribution in [3.8, 4) is 28.6 Å². The van der Waals surface area contributed by atoms with Crippen LogP contribution >= 0.6 is 0 Å². The Labute approximate surface area is 172 Å². The van der Waals surface area contributed by atoms with E-state index in [4.69, 9.17) is 14.5 Å². The third kappa shape index (κ3) is 2.76. The second-order valence-corrected chi connectivity index (χ2v) is 7.13. The Kier molecular flexibility index (Phi) is 4.13. The van der Waals surface area contributed by atoms with Crippen LogP contribution in [0.3, 0.4) is 0 Å². The van der Waals surface area contributed by atoms with Gasteiger partial charge in [-0.25, -0.2) is 19.2 Å². The highest BCUT2D eigenvalue weighted by Crippen LogP contribution is 2.36. The number of benzene rings is 2. The molecule has 5 rings (SSSR count). The van der Waals surface area contributed by atoms with E-state index in [0.717, 1.165) is 22.3 Å². The summed E-state index contributed by atoms with van der Waals surface area (Å²) in [7, 11) is 3.21. The van der Waals surface area contributed by atoms with E-state index in [1.54, 1.807) is 31.3 Å². The number of ether oxygens (including phenoxy) is 2. The maximum absolute atomic E-state index is 5.54. The number of fused-ring (bicyclic) bond motifs is 3. The molecule has 0 aliphatic rings. The largest absolute Gasteiger partial charge is 0.493 e. The summed E-state index contributed by atoms with van der Waals surface area (Å²) in [6, 6.07) is 11.9. The molecule has 0 aliphatic carbocycles. The average Bonchev–Trinajstić information content (AvgIpc) is 3.36. The van der Waals surface area contributed by atoms with Crippen molar-refractivity contribution >= 4 is 16.7 Å². The molecular formula is C22H20N6O2. The van der Waals surface area contributed by atoms with E-state index in [0.29, 0.717) is 23.0 Å². The molecule has 8 nitrogen and oxygen atoms in total. The quantitative estimate of drug-likeness (QED) is 0.457. The van der Waals surface area contributed by atoms with Crippen LogP contribution in [0, 0.1) is 13.8 Å². The molecule has 0 unspecified atom stereocenters. The van der Waals surface area contributed by atoms with Crippen LogP contribution in [0.4, 0.5) is 0 Å². The second-order valence-electron chi connectivity index (χ2n) is 7.13. The number of rotatable bonds is 4. The van der Waals surface area contributed by atoms with Crippen LogP contribution in [-0.2, 0) is 0 Å². The van der Waals surface area contributed by atoms with E-state index in [1.807, 2.05) is 22.9 Å². The topological polar surface area (TPSA) is 79.4 Å². The van der Waals surface area contributed by atoms with E-state index in [2.05, 4.69) is 47.2 Å². The molecule has 0 spiro atoms. The number of methoxy groups -OCH3 is 2. The predicted octanol–water partition coefficient (Wildman–Crippen LogP) is 3.76. The van der Waals surface area contributed by atoms with E-state index in [-0.39, 0.29) is 0 Å². The van der Waals surface area contributed by atoms with Crippen LogP contribution in [-0.4, -0.2) is 43.6 Å². The standard InChI is InChI=1S/C22H20N6O2/c1-13-8-14(2)10-15(9-13)28-21-17(11-24-28)22-25-20(26-27(22)12-23-21)16-6-5-7-18(29-3)19(16)30-4/h5-12H,1-4H3. The number of nitrogens with zero attached hydrogens (tertiary/aromatic N) is 6. The fraction of sp³-hybridized carbons (Fsp3) is 0.182. The van der Waals surface area contributed by atoms with Crippen LogP contribution in [0.2, 0.25) is 0 Å². The molecule has 8 heteroatoms. The monoisotopic (exact) mass is 400 g/mol. The van der Waals surface area contributed by atoms with E-state index < -0.39 is 0 Å². The Balaban J connectivity index is 1.70. The summed E-state index contributed by atoms with van der Waals surface area (Å²) in [5.41, 5.74) is 5.46. The van der Waals surface area contributed by atoms with Crippen LogP contribution in [0.25, 0.3) is 33.8 Å². The minimum atomic E-state index is 0.527. The first kappa shape index (κ1) is 18.1. The highest BCUT2D eigenvalue weighted by molar-refractivity contribution is 5.90. The maximum atomic E-state index is 5.54. The van der Waals surface area contributed by atoms with Crippen LogP contribution in [0.5, 0.6) is 11.5 Å². The zero-order valence-corrected chi connectivity index (χ0v) is 17.1. The number of hydrogen-bond donors (Lipinski definition) is 0. The Morgan fingerprint density at radius 3 is 2.47 bits per heavy atom. The van der Waals surface area contributed by atoms with Crippen molar-refractivity contribution in [1.29, 1.82) is 0 Å². The molecule has 0 N–H and O–H groups in total. The lowest BCUT2D eigenvalue weighted by atomic mass is 10.1. The van der Waals surface area contributed by atoms with Gasteiger partial charge >= 0.3 is 0 Å². The zero-order chi connectivity index (χ0) is 20.8. The smallest absolute Gasteiger partial charge is 0.186 e. The number of aryl methyl sites for hydroxylation is 2. The average molecular weight is 400 g/mol. The van der Waals surface area contributed by atoms with Gasteiger partial charge in [-0.1, -0.05) is 12.1 Å². The molecule has 5 aromatic rings. The van der Waals surface area contributed by atoms with Crippen molar-refractivity contribution in [3.05, 3.63) is 60.0 Å². The van der Waals surface area contributed by atoms with Crippen LogP contribution < -0.4 is 9.47 Å². The summed E-state index contributed by atoms with van der Waals surface area (Å²) in [6.07, 6.45) is 3.43. The lowest BCUT2D eigenvalue weighted by Gasteiger charge is -2.09. The molecule has 0 saturated heterocycles. The van der Waals surface area contributed by atoms with Crippen LogP contribution in [0.1, 0.15) is 11.1 Å². The molecule has 2 aromatic carbocycles. The van der Waals surface area contributed by atoms with Crippen molar-refractivity contribution in [2.24, 2.45) is 0 Å². The molecule has 0 radical (unpaired) electrons. The van der Waals surface area contributed by atoms with Gasteiger partial charge in [-0.15, -0.1) is 5.10 Å². The lowest BCUT2D eigenvalue weighted by molar-refractivity contribution is 0.356. The van der Waals surface area contributed by atoms with Gasteiger partial charge in [-0.05, 0) is 49.2 Å². The lowest BCUT2D eigenvalue weighted by Crippen LogP contribution is -2.00. The highest BCUT2D eigenvalue weighted by Gasteiger charge is 2.18. The molecule has 150 valence electrons. The molecule has 0 aliphatic heterocycles. The second kappa shape index (κ2) is 6.84. The summed E-state index contributed by atoms with van der Waals surface area (Å²) >= 11 is 0. The number of hydrogen-bond acceptors (Lipinski definition) is 6. The first-order valence-electron chi connectivity index (χ1n) is 9.48. The molecule has 3 heterocycles. The van der Waals surface area contributed by atoms with Gasteiger partial charge in [0.15, 0.2) is 28.6 Å². The molecule has 0 fully saturated rings. The van der Waals surface area contributed by atoms with E-state index in [9.17, 15) is 0 Å². The molecule has 0 bridgehead atoms. The van der Waals surface area contributed by atoms with Gasteiger partial charge in [-0.2, -0.15) is 5.10 Å². The number of aromatic nitrogens is 6. The Hall–Kier alpha value is -3.94. The van der Waals surface area contributed by atoms with Gasteiger partial charge in [0.1, 0.15) is 6.33 Å². The fourth-order valence-electron chi connectivity index (χ4n) is 3.76. The highest BCUT2D eigenvalue weighted by atomic mass is 16.5. The third-order valence-electron chi connectivity index (χ3n) is 5.00. The fourth-order valence-corrected chi connectivity index (χ4v) is 3.76. The molecule has 30 heavy (non-hydrogen) atoms. The van der Waals surface area contributed by atoms with Crippen molar-refractivity contribution in [1.82, 2.24) is 29.4 Å². The van der Waals surface area contributed by atoms with Gasteiger partial charge in [0.25, 0.3) is 0 Å². The molecule has 3 aromatic heterocycles. The van der Waals surface area contributed by atoms with Gasteiger partial charge < -0.3 is 9.47 Å². The Morgan fingerprint density at radius 2 is 1.73 bits per heavy atom. The molecule has 0 atom stereocenters. The van der Waals surface area contributed by atoms with Gasteiger partial charge in [0.2, 0.25) is 0 Å². The SMILES string of the molecule is COc1cccc(-c2nc3c4cnn(-c5cc(C)cc(C)c5)c4ncn3n2)c1OC. The predicted molar refractivity (Wildman–Crippen MR) is 113 cm³/mol. The van der Waals surface area contributed by atoms with Crippen molar-refractivity contribution < 1.29 is 9.47 Å². The van der Waals surface area contributed by atoms with Crippen molar-refractivity contribution in [2.75, 3.05) is 14.2 Å². The Morgan fingerprint density at radius 1 is 0.933 bits per heavy atom. The summed E-state index contributed by atoms with van der Waals surface area (Å²) in [6.45, 7) is 4.14. The van der Waals surface area contributed by atoms with Crippen LogP contribution in [0.15, 0.2) is 48.9 Å². The molecular weight excluding hydrogens is 380 g/mol. The van der Waals surface area contributed by atoms with E-state index in [1.165, 1.54) is 11.1 Å². The summed E-state index contributed by atoms with van der Waals surface area (Å²) in [5.74, 6) is 1.74. The summed E-state index contributed by atoms with van der Waals surface area (Å²) < 4.78 is 14.4. The third-order valence-corrected chi connectivity index (χ3v) is 5.00. The minimum Gasteiger partial charge on any atom is -0.493 e. The zero-order valence-electron chi connectivity index (χ0n) is 17.1.